The molecule has 0 atom stereocenters. The average Bonchev–Trinajstić information content (AvgIpc) is 3.27. The molecule has 132 valence electrons. The number of thiazole rings is 1. The second kappa shape index (κ2) is 5.99. The number of hydrogen-bond donors (Lipinski definition) is 3. The molecule has 0 spiro atoms. The van der Waals surface area contributed by atoms with Crippen LogP contribution in [0.15, 0.2) is 48.8 Å². The summed E-state index contributed by atoms with van der Waals surface area (Å²) in [4.78, 5) is 12.5. The standard InChI is InChI=1S/C18H12FN7S/c19-10-7-9(15-14-16(20)21-8-22-17(14)26-25-15)5-6-11(10)23-18-24-12-3-1-2-4-13(12)27-18/h1-8H,(H,23,24)(H3,20,21,22,25,26). The molecule has 5 rings (SSSR count). The first-order chi connectivity index (χ1) is 13.2. The van der Waals surface area contributed by atoms with Gasteiger partial charge in [0.25, 0.3) is 0 Å². The number of aromatic amines is 1. The van der Waals surface area contributed by atoms with Gasteiger partial charge in [0.2, 0.25) is 0 Å². The number of halogens is 1. The topological polar surface area (TPSA) is 105 Å². The third-order valence-electron chi connectivity index (χ3n) is 4.17. The van der Waals surface area contributed by atoms with Crippen molar-refractivity contribution in [2.24, 2.45) is 0 Å². The van der Waals surface area contributed by atoms with Crippen molar-refractivity contribution in [2.75, 3.05) is 11.1 Å². The second-order valence-corrected chi connectivity index (χ2v) is 6.89. The van der Waals surface area contributed by atoms with Crippen LogP contribution in [0.4, 0.5) is 21.0 Å². The molecule has 5 aromatic rings. The van der Waals surface area contributed by atoms with Crippen molar-refractivity contribution in [3.05, 3.63) is 54.6 Å². The zero-order chi connectivity index (χ0) is 18.4. The SMILES string of the molecule is Nc1ncnc2n[nH]c(-c3ccc(Nc4nc5ccccc5s4)c(F)c3)c12. The van der Waals surface area contributed by atoms with Crippen LogP contribution in [-0.2, 0) is 0 Å². The summed E-state index contributed by atoms with van der Waals surface area (Å²) in [7, 11) is 0. The molecule has 0 amide bonds. The van der Waals surface area contributed by atoms with Crippen molar-refractivity contribution < 1.29 is 4.39 Å². The molecule has 27 heavy (non-hydrogen) atoms. The minimum atomic E-state index is -0.412. The highest BCUT2D eigenvalue weighted by atomic mass is 32.1. The van der Waals surface area contributed by atoms with Gasteiger partial charge in [-0.05, 0) is 24.3 Å². The molecule has 2 aromatic carbocycles. The molecule has 0 fully saturated rings. The number of nitrogens with two attached hydrogens (primary N) is 1. The maximum absolute atomic E-state index is 14.7. The minimum Gasteiger partial charge on any atom is -0.383 e. The molecule has 0 saturated heterocycles. The summed E-state index contributed by atoms with van der Waals surface area (Å²) in [6, 6.07) is 12.6. The van der Waals surface area contributed by atoms with Gasteiger partial charge in [0.05, 0.1) is 27.0 Å². The molecule has 3 heterocycles. The molecule has 0 bridgehead atoms. The van der Waals surface area contributed by atoms with Gasteiger partial charge in [-0.25, -0.2) is 19.3 Å². The molecule has 0 unspecified atom stereocenters. The van der Waals surface area contributed by atoms with Crippen molar-refractivity contribution in [1.82, 2.24) is 25.1 Å². The summed E-state index contributed by atoms with van der Waals surface area (Å²) >= 11 is 1.47. The quantitative estimate of drug-likeness (QED) is 0.437. The lowest BCUT2D eigenvalue weighted by Gasteiger charge is -2.06. The van der Waals surface area contributed by atoms with E-state index in [0.717, 1.165) is 10.2 Å². The van der Waals surface area contributed by atoms with Crippen LogP contribution in [0.5, 0.6) is 0 Å². The number of H-pyrrole nitrogens is 1. The first-order valence-electron chi connectivity index (χ1n) is 8.06. The molecular formula is C18H12FN7S. The Morgan fingerprint density at radius 3 is 2.85 bits per heavy atom. The number of benzene rings is 2. The van der Waals surface area contributed by atoms with E-state index in [0.29, 0.717) is 38.9 Å². The normalized spacial score (nSPS) is 11.3. The van der Waals surface area contributed by atoms with Crippen LogP contribution < -0.4 is 11.1 Å². The Labute approximate surface area is 156 Å². The van der Waals surface area contributed by atoms with Crippen LogP contribution in [0.1, 0.15) is 0 Å². The summed E-state index contributed by atoms with van der Waals surface area (Å²) in [6.07, 6.45) is 1.34. The molecule has 0 radical (unpaired) electrons. The average molecular weight is 377 g/mol. The Morgan fingerprint density at radius 2 is 2.00 bits per heavy atom. The van der Waals surface area contributed by atoms with E-state index in [2.05, 4.69) is 30.5 Å². The van der Waals surface area contributed by atoms with E-state index >= 15 is 0 Å². The Kier molecular flexibility index (Phi) is 3.47. The van der Waals surface area contributed by atoms with E-state index < -0.39 is 5.82 Å². The summed E-state index contributed by atoms with van der Waals surface area (Å²) in [6.45, 7) is 0. The summed E-state index contributed by atoms with van der Waals surface area (Å²) in [5.74, 6) is -0.120. The highest BCUT2D eigenvalue weighted by molar-refractivity contribution is 7.22. The van der Waals surface area contributed by atoms with Gasteiger partial charge in [0.1, 0.15) is 18.0 Å². The van der Waals surface area contributed by atoms with Gasteiger partial charge in [0, 0.05) is 5.56 Å². The largest absolute Gasteiger partial charge is 0.383 e. The number of nitrogens with one attached hydrogen (secondary N) is 2. The van der Waals surface area contributed by atoms with E-state index in [-0.39, 0.29) is 0 Å². The van der Waals surface area contributed by atoms with E-state index in [4.69, 9.17) is 5.73 Å². The zero-order valence-corrected chi connectivity index (χ0v) is 14.6. The van der Waals surface area contributed by atoms with E-state index in [1.165, 1.54) is 23.7 Å². The Balaban J connectivity index is 1.51. The smallest absolute Gasteiger partial charge is 0.188 e. The molecule has 7 nitrogen and oxygen atoms in total. The molecule has 0 aliphatic rings. The maximum Gasteiger partial charge on any atom is 0.188 e. The molecule has 9 heteroatoms. The predicted molar refractivity (Wildman–Crippen MR) is 104 cm³/mol. The summed E-state index contributed by atoms with van der Waals surface area (Å²) in [5, 5.41) is 11.2. The lowest BCUT2D eigenvalue weighted by molar-refractivity contribution is 0.632. The number of rotatable bonds is 3. The summed E-state index contributed by atoms with van der Waals surface area (Å²) in [5.41, 5.74) is 8.76. The molecule has 3 aromatic heterocycles. The fourth-order valence-electron chi connectivity index (χ4n) is 2.90. The van der Waals surface area contributed by atoms with Crippen LogP contribution >= 0.6 is 11.3 Å². The second-order valence-electron chi connectivity index (χ2n) is 5.86. The molecule has 0 aliphatic heterocycles. The number of fused-ring (bicyclic) bond motifs is 2. The lowest BCUT2D eigenvalue weighted by Crippen LogP contribution is -1.95. The monoisotopic (exact) mass is 377 g/mol. The number of para-hydroxylation sites is 1. The van der Waals surface area contributed by atoms with Crippen molar-refractivity contribution in [3.8, 4) is 11.3 Å². The zero-order valence-electron chi connectivity index (χ0n) is 13.8. The Bertz CT molecular complexity index is 1260. The number of anilines is 3. The van der Waals surface area contributed by atoms with Gasteiger partial charge < -0.3 is 11.1 Å². The molecular weight excluding hydrogens is 365 g/mol. The van der Waals surface area contributed by atoms with Crippen molar-refractivity contribution in [2.45, 2.75) is 0 Å². The maximum atomic E-state index is 14.7. The van der Waals surface area contributed by atoms with E-state index in [9.17, 15) is 4.39 Å². The van der Waals surface area contributed by atoms with Gasteiger partial charge in [-0.2, -0.15) is 5.10 Å². The van der Waals surface area contributed by atoms with Crippen LogP contribution in [0.2, 0.25) is 0 Å². The third-order valence-corrected chi connectivity index (χ3v) is 5.13. The van der Waals surface area contributed by atoms with Crippen LogP contribution in [0, 0.1) is 5.82 Å². The first kappa shape index (κ1) is 15.6. The highest BCUT2D eigenvalue weighted by Gasteiger charge is 2.15. The number of nitrogen functional groups attached to an aromatic ring is 1. The third kappa shape index (κ3) is 2.64. The summed E-state index contributed by atoms with van der Waals surface area (Å²) < 4.78 is 15.7. The van der Waals surface area contributed by atoms with Crippen molar-refractivity contribution in [3.63, 3.8) is 0 Å². The predicted octanol–water partition coefficient (Wildman–Crippen LogP) is 4.09. The van der Waals surface area contributed by atoms with Crippen LogP contribution in [0.3, 0.4) is 0 Å². The number of hydrogen-bond acceptors (Lipinski definition) is 7. The first-order valence-corrected chi connectivity index (χ1v) is 8.88. The Morgan fingerprint density at radius 1 is 1.11 bits per heavy atom. The van der Waals surface area contributed by atoms with E-state index in [1.807, 2.05) is 24.3 Å². The minimum absolute atomic E-state index is 0.292. The number of nitrogens with zero attached hydrogens (tertiary/aromatic N) is 4. The van der Waals surface area contributed by atoms with Crippen LogP contribution in [-0.4, -0.2) is 25.1 Å². The van der Waals surface area contributed by atoms with Gasteiger partial charge in [-0.1, -0.05) is 29.5 Å². The van der Waals surface area contributed by atoms with Gasteiger partial charge in [-0.3, -0.25) is 5.10 Å². The lowest BCUT2D eigenvalue weighted by atomic mass is 10.1. The van der Waals surface area contributed by atoms with Gasteiger partial charge in [0.15, 0.2) is 10.8 Å². The van der Waals surface area contributed by atoms with Crippen molar-refractivity contribution >= 4 is 49.2 Å². The Hall–Kier alpha value is -3.59. The fourth-order valence-corrected chi connectivity index (χ4v) is 3.78. The molecule has 4 N–H and O–H groups in total. The van der Waals surface area contributed by atoms with E-state index in [1.54, 1.807) is 12.1 Å². The molecule has 0 saturated carbocycles. The van der Waals surface area contributed by atoms with Gasteiger partial charge >= 0.3 is 0 Å². The number of aromatic nitrogens is 5. The van der Waals surface area contributed by atoms with Crippen LogP contribution in [0.25, 0.3) is 32.5 Å². The fraction of sp³-hybridized carbons (Fsp3) is 0. The van der Waals surface area contributed by atoms with Gasteiger partial charge in [-0.15, -0.1) is 0 Å². The van der Waals surface area contributed by atoms with Crippen molar-refractivity contribution in [1.29, 1.82) is 0 Å². The highest BCUT2D eigenvalue weighted by Crippen LogP contribution is 2.33. The molecule has 0 aliphatic carbocycles.